The Labute approximate surface area is 148 Å². The van der Waals surface area contributed by atoms with Crippen LogP contribution < -0.4 is 0 Å². The molecule has 25 heavy (non-hydrogen) atoms. The number of pyridine rings is 1. The second kappa shape index (κ2) is 8.06. The molecule has 0 saturated heterocycles. The van der Waals surface area contributed by atoms with Crippen LogP contribution >= 0.6 is 0 Å². The molecule has 3 aromatic rings. The number of rotatable bonds is 6. The number of phenolic OH excluding ortho intramolecular Hbond substituents is 1. The second-order valence-corrected chi connectivity index (χ2v) is 5.80. The molecule has 0 bridgehead atoms. The maximum Gasteiger partial charge on any atom is 0.127 e. The van der Waals surface area contributed by atoms with E-state index in [4.69, 9.17) is 0 Å². The van der Waals surface area contributed by atoms with Gasteiger partial charge in [-0.2, -0.15) is 0 Å². The first-order valence-corrected chi connectivity index (χ1v) is 8.20. The van der Waals surface area contributed by atoms with Crippen LogP contribution in [0, 0.1) is 0 Å². The third-order valence-electron chi connectivity index (χ3n) is 3.96. The van der Waals surface area contributed by atoms with Crippen LogP contribution in [0.2, 0.25) is 0 Å². The minimum Gasteiger partial charge on any atom is -0.507 e. The summed E-state index contributed by atoms with van der Waals surface area (Å²) in [6.07, 6.45) is 8.59. The van der Waals surface area contributed by atoms with Gasteiger partial charge in [0.1, 0.15) is 5.75 Å². The van der Waals surface area contributed by atoms with Gasteiger partial charge in [0.05, 0.1) is 5.69 Å². The summed E-state index contributed by atoms with van der Waals surface area (Å²) in [5.74, 6) is 0.264. The topological polar surface area (TPSA) is 45.5 Å². The average Bonchev–Trinajstić information content (AvgIpc) is 2.65. The smallest absolute Gasteiger partial charge is 0.127 e. The number of aromatic hydroxyl groups is 1. The molecule has 1 N–H and O–H groups in total. The lowest BCUT2D eigenvalue weighted by atomic mass is 10.1. The van der Waals surface area contributed by atoms with E-state index in [1.165, 1.54) is 11.1 Å². The number of allylic oxidation sites excluding steroid dienone is 1. The van der Waals surface area contributed by atoms with E-state index in [-0.39, 0.29) is 5.75 Å². The van der Waals surface area contributed by atoms with Gasteiger partial charge in [0.25, 0.3) is 0 Å². The lowest BCUT2D eigenvalue weighted by Crippen LogP contribution is -1.89. The van der Waals surface area contributed by atoms with Gasteiger partial charge in [-0.3, -0.25) is 9.98 Å². The monoisotopic (exact) mass is 328 g/mol. The first-order valence-electron chi connectivity index (χ1n) is 8.20. The summed E-state index contributed by atoms with van der Waals surface area (Å²) in [4.78, 5) is 8.50. The molecule has 1 heterocycles. The molecule has 0 aliphatic carbocycles. The van der Waals surface area contributed by atoms with Crippen molar-refractivity contribution in [1.82, 2.24) is 4.98 Å². The highest BCUT2D eigenvalue weighted by atomic mass is 16.3. The summed E-state index contributed by atoms with van der Waals surface area (Å²) in [6.45, 7) is 3.71. The molecule has 0 amide bonds. The lowest BCUT2D eigenvalue weighted by molar-refractivity contribution is 0.469. The molecule has 3 nitrogen and oxygen atoms in total. The molecular formula is C22H20N2O. The molecule has 0 aliphatic rings. The number of phenols is 1. The Morgan fingerprint density at radius 2 is 1.68 bits per heavy atom. The third-order valence-corrected chi connectivity index (χ3v) is 3.96. The largest absolute Gasteiger partial charge is 0.507 e. The van der Waals surface area contributed by atoms with E-state index in [0.717, 1.165) is 17.7 Å². The van der Waals surface area contributed by atoms with Crippen LogP contribution in [0.15, 0.2) is 84.6 Å². The van der Waals surface area contributed by atoms with Crippen molar-refractivity contribution < 1.29 is 5.11 Å². The Morgan fingerprint density at radius 3 is 2.40 bits per heavy atom. The first kappa shape index (κ1) is 16.7. The van der Waals surface area contributed by atoms with Gasteiger partial charge < -0.3 is 5.11 Å². The SMILES string of the molecule is C=CCc1cccc(C=Nc2ccc(Cc3ccncc3)cc2)c1O. The predicted octanol–water partition coefficient (Wildman–Crippen LogP) is 4.86. The molecule has 124 valence electrons. The van der Waals surface area contributed by atoms with Gasteiger partial charge in [-0.15, -0.1) is 6.58 Å². The normalized spacial score (nSPS) is 10.9. The molecule has 0 radical (unpaired) electrons. The molecule has 2 aromatic carbocycles. The summed E-state index contributed by atoms with van der Waals surface area (Å²) in [5.41, 5.74) is 4.87. The fourth-order valence-corrected chi connectivity index (χ4v) is 2.62. The van der Waals surface area contributed by atoms with Crippen LogP contribution in [0.3, 0.4) is 0 Å². The van der Waals surface area contributed by atoms with E-state index in [2.05, 4.69) is 28.7 Å². The van der Waals surface area contributed by atoms with Gasteiger partial charge in [-0.1, -0.05) is 30.3 Å². The van der Waals surface area contributed by atoms with Crippen molar-refractivity contribution in [3.63, 3.8) is 0 Å². The van der Waals surface area contributed by atoms with Gasteiger partial charge in [-0.25, -0.2) is 0 Å². The minimum absolute atomic E-state index is 0.264. The van der Waals surface area contributed by atoms with E-state index >= 15 is 0 Å². The summed E-state index contributed by atoms with van der Waals surface area (Å²) < 4.78 is 0. The number of aromatic nitrogens is 1. The molecule has 0 aliphatic heterocycles. The number of hydrogen-bond donors (Lipinski definition) is 1. The molecule has 0 spiro atoms. The Bertz CT molecular complexity index is 868. The summed E-state index contributed by atoms with van der Waals surface area (Å²) in [5, 5.41) is 10.3. The highest BCUT2D eigenvalue weighted by Crippen LogP contribution is 2.23. The number of hydrogen-bond acceptors (Lipinski definition) is 3. The van der Waals surface area contributed by atoms with Gasteiger partial charge in [-0.05, 0) is 59.9 Å². The van der Waals surface area contributed by atoms with Crippen LogP contribution in [-0.2, 0) is 12.8 Å². The number of benzene rings is 2. The molecule has 0 fully saturated rings. The number of aliphatic imine (C=N–C) groups is 1. The van der Waals surface area contributed by atoms with Crippen molar-refractivity contribution in [2.75, 3.05) is 0 Å². The average molecular weight is 328 g/mol. The molecular weight excluding hydrogens is 308 g/mol. The highest BCUT2D eigenvalue weighted by Gasteiger charge is 2.03. The number of nitrogens with zero attached hydrogens (tertiary/aromatic N) is 2. The fraction of sp³-hybridized carbons (Fsp3) is 0.0909. The van der Waals surface area contributed by atoms with Gasteiger partial charge in [0.2, 0.25) is 0 Å². The zero-order chi connectivity index (χ0) is 17.5. The van der Waals surface area contributed by atoms with Crippen molar-refractivity contribution in [1.29, 1.82) is 0 Å². The van der Waals surface area contributed by atoms with Crippen molar-refractivity contribution in [3.8, 4) is 5.75 Å². The van der Waals surface area contributed by atoms with E-state index < -0.39 is 0 Å². The molecule has 3 heteroatoms. The number of para-hydroxylation sites is 1. The molecule has 1 aromatic heterocycles. The van der Waals surface area contributed by atoms with E-state index in [1.807, 2.05) is 42.5 Å². The summed E-state index contributed by atoms with van der Waals surface area (Å²) >= 11 is 0. The maximum absolute atomic E-state index is 10.3. The van der Waals surface area contributed by atoms with E-state index in [1.54, 1.807) is 24.7 Å². The van der Waals surface area contributed by atoms with Crippen LogP contribution in [0.1, 0.15) is 22.3 Å². The van der Waals surface area contributed by atoms with Gasteiger partial charge in [0, 0.05) is 24.2 Å². The van der Waals surface area contributed by atoms with Crippen molar-refractivity contribution in [3.05, 3.63) is 102 Å². The standard InChI is InChI=1S/C22H20N2O/c1-2-4-19-5-3-6-20(22(19)25)16-24-21-9-7-17(8-10-21)15-18-11-13-23-14-12-18/h2-3,5-14,16,25H,1,4,15H2. The van der Waals surface area contributed by atoms with Crippen LogP contribution in [0.5, 0.6) is 5.75 Å². The molecule has 3 rings (SSSR count). The van der Waals surface area contributed by atoms with Crippen LogP contribution in [-0.4, -0.2) is 16.3 Å². The zero-order valence-corrected chi connectivity index (χ0v) is 14.0. The summed E-state index contributed by atoms with van der Waals surface area (Å²) in [7, 11) is 0. The zero-order valence-electron chi connectivity index (χ0n) is 14.0. The highest BCUT2D eigenvalue weighted by molar-refractivity contribution is 5.86. The predicted molar refractivity (Wildman–Crippen MR) is 103 cm³/mol. The lowest BCUT2D eigenvalue weighted by Gasteiger charge is -2.05. The van der Waals surface area contributed by atoms with Crippen molar-refractivity contribution >= 4 is 11.9 Å². The Balaban J connectivity index is 1.72. The fourth-order valence-electron chi connectivity index (χ4n) is 2.62. The third kappa shape index (κ3) is 4.42. The minimum atomic E-state index is 0.264. The van der Waals surface area contributed by atoms with Crippen LogP contribution in [0.4, 0.5) is 5.69 Å². The molecule has 0 atom stereocenters. The first-order chi connectivity index (χ1) is 12.3. The van der Waals surface area contributed by atoms with Crippen LogP contribution in [0.25, 0.3) is 0 Å². The Hall–Kier alpha value is -3.20. The maximum atomic E-state index is 10.3. The Kier molecular flexibility index (Phi) is 5.37. The second-order valence-electron chi connectivity index (χ2n) is 5.80. The van der Waals surface area contributed by atoms with Gasteiger partial charge in [0.15, 0.2) is 0 Å². The van der Waals surface area contributed by atoms with Crippen molar-refractivity contribution in [2.45, 2.75) is 12.8 Å². The van der Waals surface area contributed by atoms with Gasteiger partial charge >= 0.3 is 0 Å². The molecule has 0 saturated carbocycles. The van der Waals surface area contributed by atoms with E-state index in [0.29, 0.717) is 12.0 Å². The molecule has 0 unspecified atom stereocenters. The van der Waals surface area contributed by atoms with E-state index in [9.17, 15) is 5.11 Å². The quantitative estimate of drug-likeness (QED) is 0.519. The summed E-state index contributed by atoms with van der Waals surface area (Å²) in [6, 6.07) is 17.8. The van der Waals surface area contributed by atoms with Crippen molar-refractivity contribution in [2.24, 2.45) is 4.99 Å². The Morgan fingerprint density at radius 1 is 0.960 bits per heavy atom.